The van der Waals surface area contributed by atoms with Gasteiger partial charge in [0.15, 0.2) is 0 Å². The van der Waals surface area contributed by atoms with Crippen molar-refractivity contribution in [2.45, 2.75) is 18.1 Å². The number of benzene rings is 2. The van der Waals surface area contributed by atoms with Crippen molar-refractivity contribution in [1.29, 1.82) is 0 Å². The van der Waals surface area contributed by atoms with Gasteiger partial charge in [0, 0.05) is 24.6 Å². The molecule has 1 fully saturated rings. The third kappa shape index (κ3) is 3.95. The zero-order valence-electron chi connectivity index (χ0n) is 14.6. The summed E-state index contributed by atoms with van der Waals surface area (Å²) in [7, 11) is 3.27. The molecule has 2 aromatic rings. The molecule has 3 rings (SSSR count). The predicted molar refractivity (Wildman–Crippen MR) is 96.4 cm³/mol. The largest absolute Gasteiger partial charge is 0.497 e. The Labute approximate surface area is 148 Å². The molecule has 2 aromatic carbocycles. The first-order chi connectivity index (χ1) is 12.2. The zero-order valence-corrected chi connectivity index (χ0v) is 14.6. The van der Waals surface area contributed by atoms with E-state index in [1.165, 1.54) is 0 Å². The molecular weight excluding hydrogens is 318 g/mol. The van der Waals surface area contributed by atoms with Gasteiger partial charge >= 0.3 is 0 Å². The van der Waals surface area contributed by atoms with Crippen LogP contribution in [0.25, 0.3) is 0 Å². The van der Waals surface area contributed by atoms with E-state index in [0.29, 0.717) is 13.2 Å². The van der Waals surface area contributed by atoms with Gasteiger partial charge in [0.05, 0.1) is 33.0 Å². The van der Waals surface area contributed by atoms with Crippen LogP contribution in [0.2, 0.25) is 0 Å². The smallest absolute Gasteiger partial charge is 0.123 e. The molecule has 0 radical (unpaired) electrons. The Morgan fingerprint density at radius 3 is 2.56 bits per heavy atom. The van der Waals surface area contributed by atoms with Crippen molar-refractivity contribution >= 4 is 0 Å². The summed E-state index contributed by atoms with van der Waals surface area (Å²) in [6, 6.07) is 15.6. The first-order valence-corrected chi connectivity index (χ1v) is 8.52. The Bertz CT molecular complexity index is 671. The molecule has 134 valence electrons. The normalized spacial score (nSPS) is 19.9. The average molecular weight is 343 g/mol. The van der Waals surface area contributed by atoms with E-state index in [9.17, 15) is 5.11 Å². The molecule has 3 unspecified atom stereocenters. The Hall–Kier alpha value is -2.08. The first kappa shape index (κ1) is 17.7. The van der Waals surface area contributed by atoms with Crippen molar-refractivity contribution in [2.24, 2.45) is 0 Å². The van der Waals surface area contributed by atoms with Gasteiger partial charge < -0.3 is 24.6 Å². The van der Waals surface area contributed by atoms with E-state index in [-0.39, 0.29) is 12.0 Å². The second kappa shape index (κ2) is 8.34. The highest BCUT2D eigenvalue weighted by Crippen LogP contribution is 2.38. The van der Waals surface area contributed by atoms with Crippen LogP contribution in [-0.4, -0.2) is 51.2 Å². The van der Waals surface area contributed by atoms with E-state index < -0.39 is 6.10 Å². The van der Waals surface area contributed by atoms with Gasteiger partial charge in [-0.25, -0.2) is 0 Å². The summed E-state index contributed by atoms with van der Waals surface area (Å²) in [5.41, 5.74) is 1.89. The number of hydrogen-bond acceptors (Lipinski definition) is 5. The zero-order chi connectivity index (χ0) is 17.6. The Balaban J connectivity index is 2.05. The third-order valence-corrected chi connectivity index (χ3v) is 4.61. The number of aliphatic hydroxyl groups is 1. The van der Waals surface area contributed by atoms with Crippen molar-refractivity contribution in [1.82, 2.24) is 5.32 Å². The van der Waals surface area contributed by atoms with Gasteiger partial charge in [-0.15, -0.1) is 0 Å². The number of rotatable bonds is 6. The highest BCUT2D eigenvalue weighted by Gasteiger charge is 2.34. The standard InChI is InChI=1S/C20H25NO4/c1-23-15-8-9-17(24-2)16(12-15)19(14-6-4-3-5-7-14)20(22)18-13-21-10-11-25-18/h3-9,12,18-22H,10-11,13H2,1-2H3. The van der Waals surface area contributed by atoms with Crippen LogP contribution < -0.4 is 14.8 Å². The number of methoxy groups -OCH3 is 2. The quantitative estimate of drug-likeness (QED) is 0.842. The van der Waals surface area contributed by atoms with Gasteiger partial charge in [-0.05, 0) is 23.8 Å². The molecule has 1 aliphatic heterocycles. The first-order valence-electron chi connectivity index (χ1n) is 8.52. The number of ether oxygens (including phenoxy) is 3. The van der Waals surface area contributed by atoms with Crippen molar-refractivity contribution in [3.05, 3.63) is 59.7 Å². The number of nitrogens with one attached hydrogen (secondary N) is 1. The molecule has 25 heavy (non-hydrogen) atoms. The molecule has 1 heterocycles. The molecule has 2 N–H and O–H groups in total. The topological polar surface area (TPSA) is 60.0 Å². The second-order valence-electron chi connectivity index (χ2n) is 6.10. The molecule has 1 aliphatic rings. The van der Waals surface area contributed by atoms with Crippen molar-refractivity contribution in [3.8, 4) is 11.5 Å². The molecule has 1 saturated heterocycles. The van der Waals surface area contributed by atoms with Crippen LogP contribution in [0, 0.1) is 0 Å². The van der Waals surface area contributed by atoms with Crippen LogP contribution >= 0.6 is 0 Å². The van der Waals surface area contributed by atoms with E-state index in [1.54, 1.807) is 14.2 Å². The summed E-state index contributed by atoms with van der Waals surface area (Å²) in [6.07, 6.45) is -0.994. The lowest BCUT2D eigenvalue weighted by Gasteiger charge is -2.34. The van der Waals surface area contributed by atoms with Crippen LogP contribution in [0.3, 0.4) is 0 Å². The van der Waals surface area contributed by atoms with E-state index in [2.05, 4.69) is 5.32 Å². The van der Waals surface area contributed by atoms with Gasteiger partial charge in [-0.1, -0.05) is 30.3 Å². The fraction of sp³-hybridized carbons (Fsp3) is 0.400. The van der Waals surface area contributed by atoms with E-state index in [4.69, 9.17) is 14.2 Å². The van der Waals surface area contributed by atoms with Crippen LogP contribution in [0.15, 0.2) is 48.5 Å². The summed E-state index contributed by atoms with van der Waals surface area (Å²) < 4.78 is 16.8. The van der Waals surface area contributed by atoms with Crippen LogP contribution in [0.5, 0.6) is 11.5 Å². The van der Waals surface area contributed by atoms with Gasteiger partial charge in [0.1, 0.15) is 11.5 Å². The number of aliphatic hydroxyl groups excluding tert-OH is 1. The fourth-order valence-corrected chi connectivity index (χ4v) is 3.32. The highest BCUT2D eigenvalue weighted by atomic mass is 16.5. The highest BCUT2D eigenvalue weighted by molar-refractivity contribution is 5.47. The fourth-order valence-electron chi connectivity index (χ4n) is 3.32. The molecule has 0 bridgehead atoms. The van der Waals surface area contributed by atoms with Gasteiger partial charge in [0.2, 0.25) is 0 Å². The maximum Gasteiger partial charge on any atom is 0.123 e. The Morgan fingerprint density at radius 1 is 1.12 bits per heavy atom. The average Bonchev–Trinajstić information content (AvgIpc) is 2.69. The summed E-state index contributed by atoms with van der Waals surface area (Å²) in [5.74, 6) is 1.17. The van der Waals surface area contributed by atoms with Gasteiger partial charge in [0.25, 0.3) is 0 Å². The summed E-state index contributed by atoms with van der Waals surface area (Å²) >= 11 is 0. The monoisotopic (exact) mass is 343 g/mol. The summed E-state index contributed by atoms with van der Waals surface area (Å²) in [6.45, 7) is 2.02. The molecular formula is C20H25NO4. The third-order valence-electron chi connectivity index (χ3n) is 4.61. The lowest BCUT2D eigenvalue weighted by molar-refractivity contribution is -0.0578. The van der Waals surface area contributed by atoms with E-state index >= 15 is 0 Å². The maximum absolute atomic E-state index is 11.2. The van der Waals surface area contributed by atoms with Crippen molar-refractivity contribution in [2.75, 3.05) is 33.9 Å². The minimum Gasteiger partial charge on any atom is -0.497 e. The molecule has 0 spiro atoms. The van der Waals surface area contributed by atoms with Crippen LogP contribution in [0.4, 0.5) is 0 Å². The summed E-state index contributed by atoms with van der Waals surface area (Å²) in [5, 5.41) is 14.4. The number of morpholine rings is 1. The van der Waals surface area contributed by atoms with Crippen LogP contribution in [-0.2, 0) is 4.74 Å². The lowest BCUT2D eigenvalue weighted by Crippen LogP contribution is -2.47. The Kier molecular flexibility index (Phi) is 5.91. The molecule has 5 heteroatoms. The van der Waals surface area contributed by atoms with Gasteiger partial charge in [-0.3, -0.25) is 0 Å². The SMILES string of the molecule is COc1ccc(OC)c(C(c2ccccc2)C(O)C2CNCCO2)c1. The lowest BCUT2D eigenvalue weighted by atomic mass is 9.83. The minimum atomic E-state index is -0.712. The number of hydrogen-bond donors (Lipinski definition) is 2. The molecule has 0 amide bonds. The Morgan fingerprint density at radius 2 is 1.92 bits per heavy atom. The predicted octanol–water partition coefficient (Wildman–Crippen LogP) is 2.18. The second-order valence-corrected chi connectivity index (χ2v) is 6.10. The molecule has 0 aromatic heterocycles. The van der Waals surface area contributed by atoms with Crippen molar-refractivity contribution in [3.63, 3.8) is 0 Å². The molecule has 3 atom stereocenters. The van der Waals surface area contributed by atoms with Crippen LogP contribution in [0.1, 0.15) is 17.0 Å². The summed E-state index contributed by atoms with van der Waals surface area (Å²) in [4.78, 5) is 0. The molecule has 0 saturated carbocycles. The minimum absolute atomic E-state index is 0.281. The van der Waals surface area contributed by atoms with Gasteiger partial charge in [-0.2, -0.15) is 0 Å². The van der Waals surface area contributed by atoms with E-state index in [0.717, 1.165) is 29.2 Å². The molecule has 5 nitrogen and oxygen atoms in total. The van der Waals surface area contributed by atoms with Crippen molar-refractivity contribution < 1.29 is 19.3 Å². The maximum atomic E-state index is 11.2. The molecule has 0 aliphatic carbocycles. The van der Waals surface area contributed by atoms with E-state index in [1.807, 2.05) is 48.5 Å².